The normalized spacial score (nSPS) is 16.6. The Hall–Kier alpha value is -4.13. The highest BCUT2D eigenvalue weighted by Gasteiger charge is 2.38. The number of fused-ring (bicyclic) bond motifs is 1. The molecule has 2 aliphatic heterocycles. The molecular weight excluding hydrogens is 529 g/mol. The highest BCUT2D eigenvalue weighted by molar-refractivity contribution is 5.96. The van der Waals surface area contributed by atoms with Crippen molar-refractivity contribution in [3.05, 3.63) is 54.6 Å². The van der Waals surface area contributed by atoms with E-state index < -0.39 is 18.1 Å². The number of carbonyl (C=O) groups excluding carboxylic acids is 1. The predicted octanol–water partition coefficient (Wildman–Crippen LogP) is 5.09. The minimum absolute atomic E-state index is 0.0952. The monoisotopic (exact) mass is 556 g/mol. The predicted molar refractivity (Wildman–Crippen MR) is 137 cm³/mol. The van der Waals surface area contributed by atoms with Gasteiger partial charge in [-0.25, -0.2) is 14.5 Å². The maximum Gasteiger partial charge on any atom is 0.573 e. The first-order valence-electron chi connectivity index (χ1n) is 12.8. The Balaban J connectivity index is 1.38. The summed E-state index contributed by atoms with van der Waals surface area (Å²) in [6, 6.07) is 7.53. The number of pyridine rings is 1. The third-order valence-corrected chi connectivity index (χ3v) is 6.74. The number of hydrogen-bond donors (Lipinski definition) is 0. The van der Waals surface area contributed by atoms with Crippen LogP contribution in [-0.4, -0.2) is 73.8 Å². The fourth-order valence-electron chi connectivity index (χ4n) is 4.74. The summed E-state index contributed by atoms with van der Waals surface area (Å²) in [5, 5.41) is 10.2. The number of aromatic nitrogens is 5. The lowest BCUT2D eigenvalue weighted by Crippen LogP contribution is -2.50. The topological polar surface area (TPSA) is 96.5 Å². The van der Waals surface area contributed by atoms with Gasteiger partial charge in [0.1, 0.15) is 11.4 Å². The van der Waals surface area contributed by atoms with Crippen LogP contribution < -0.4 is 4.74 Å². The molecule has 40 heavy (non-hydrogen) atoms. The Labute approximate surface area is 227 Å². The second-order valence-electron chi connectivity index (χ2n) is 10.9. The molecule has 210 valence electrons. The summed E-state index contributed by atoms with van der Waals surface area (Å²) in [6.07, 6.45) is 0.225. The van der Waals surface area contributed by atoms with Crippen molar-refractivity contribution in [2.75, 3.05) is 26.3 Å². The van der Waals surface area contributed by atoms with E-state index in [-0.39, 0.29) is 17.7 Å². The van der Waals surface area contributed by atoms with E-state index in [1.807, 2.05) is 37.7 Å². The third kappa shape index (κ3) is 5.08. The molecule has 2 saturated heterocycles. The number of alkyl halides is 3. The van der Waals surface area contributed by atoms with Crippen molar-refractivity contribution in [1.29, 1.82) is 0 Å². The molecule has 5 heterocycles. The van der Waals surface area contributed by atoms with Crippen molar-refractivity contribution in [2.24, 2.45) is 0 Å². The quantitative estimate of drug-likeness (QED) is 0.338. The SMILES string of the molecule is CC(C)(C)OC(=O)N1CC(c2nn(-c3ccc(OC(F)(F)F)cc3)c3nccc(-c4cnn(C5COC5)c4)c23)C1. The van der Waals surface area contributed by atoms with Crippen molar-refractivity contribution < 1.29 is 32.2 Å². The lowest BCUT2D eigenvalue weighted by atomic mass is 9.92. The van der Waals surface area contributed by atoms with E-state index >= 15 is 0 Å². The van der Waals surface area contributed by atoms with Crippen molar-refractivity contribution in [3.8, 4) is 22.6 Å². The number of nitrogens with zero attached hydrogens (tertiary/aromatic N) is 6. The van der Waals surface area contributed by atoms with Crippen LogP contribution in [0.4, 0.5) is 18.0 Å². The minimum atomic E-state index is -4.79. The molecule has 0 bridgehead atoms. The first-order chi connectivity index (χ1) is 18.9. The van der Waals surface area contributed by atoms with Gasteiger partial charge in [0.15, 0.2) is 5.65 Å². The number of carbonyl (C=O) groups is 1. The average molecular weight is 557 g/mol. The van der Waals surface area contributed by atoms with Gasteiger partial charge in [-0.3, -0.25) is 4.68 Å². The standard InChI is InChI=1S/C27H27F3N6O4/c1-26(2,3)40-25(37)34-11-17(12-34)23-22-21(16-10-32-35(13-16)19-14-38-15-19)8-9-31-24(22)36(33-23)18-4-6-20(7-5-18)39-27(28,29)30/h4-10,13,17,19H,11-12,14-15H2,1-3H3. The van der Waals surface area contributed by atoms with Gasteiger partial charge in [0.25, 0.3) is 0 Å². The zero-order chi connectivity index (χ0) is 28.2. The second kappa shape index (κ2) is 9.51. The van der Waals surface area contributed by atoms with Crippen LogP contribution in [0, 0.1) is 0 Å². The molecule has 0 aliphatic carbocycles. The van der Waals surface area contributed by atoms with Crippen LogP contribution in [0.1, 0.15) is 38.4 Å². The van der Waals surface area contributed by atoms with Gasteiger partial charge in [0, 0.05) is 37.0 Å². The van der Waals surface area contributed by atoms with Crippen LogP contribution in [0.5, 0.6) is 5.75 Å². The molecular formula is C27H27F3N6O4. The van der Waals surface area contributed by atoms with Gasteiger partial charge in [-0.1, -0.05) is 0 Å². The number of halogens is 3. The lowest BCUT2D eigenvalue weighted by Gasteiger charge is -2.39. The summed E-state index contributed by atoms with van der Waals surface area (Å²) < 4.78 is 56.3. The minimum Gasteiger partial charge on any atom is -0.444 e. The van der Waals surface area contributed by atoms with E-state index in [4.69, 9.17) is 14.6 Å². The number of amides is 1. The zero-order valence-corrected chi connectivity index (χ0v) is 22.1. The second-order valence-corrected chi connectivity index (χ2v) is 10.9. The van der Waals surface area contributed by atoms with E-state index in [0.29, 0.717) is 37.6 Å². The molecule has 13 heteroatoms. The molecule has 0 N–H and O–H groups in total. The number of ether oxygens (including phenoxy) is 3. The van der Waals surface area contributed by atoms with E-state index in [9.17, 15) is 18.0 Å². The zero-order valence-electron chi connectivity index (χ0n) is 22.1. The third-order valence-electron chi connectivity index (χ3n) is 6.74. The van der Waals surface area contributed by atoms with Gasteiger partial charge in [-0.2, -0.15) is 10.2 Å². The fraction of sp³-hybridized carbons (Fsp3) is 0.407. The van der Waals surface area contributed by atoms with Gasteiger partial charge >= 0.3 is 12.5 Å². The van der Waals surface area contributed by atoms with Crippen LogP contribution >= 0.6 is 0 Å². The Bertz CT molecular complexity index is 1550. The van der Waals surface area contributed by atoms with Gasteiger partial charge in [0.2, 0.25) is 0 Å². The summed E-state index contributed by atoms with van der Waals surface area (Å²) in [4.78, 5) is 18.8. The van der Waals surface area contributed by atoms with Crippen LogP contribution in [0.2, 0.25) is 0 Å². The van der Waals surface area contributed by atoms with Crippen molar-refractivity contribution in [1.82, 2.24) is 29.4 Å². The molecule has 6 rings (SSSR count). The summed E-state index contributed by atoms with van der Waals surface area (Å²) in [6.45, 7) is 7.47. The van der Waals surface area contributed by atoms with Crippen LogP contribution in [0.25, 0.3) is 27.8 Å². The number of rotatable bonds is 5. The first-order valence-corrected chi connectivity index (χ1v) is 12.8. The molecule has 10 nitrogen and oxygen atoms in total. The smallest absolute Gasteiger partial charge is 0.444 e. The van der Waals surface area contributed by atoms with Gasteiger partial charge in [-0.05, 0) is 56.7 Å². The Morgan fingerprint density at radius 3 is 2.42 bits per heavy atom. The Kier molecular flexibility index (Phi) is 6.21. The van der Waals surface area contributed by atoms with Gasteiger partial charge in [0.05, 0.1) is 42.2 Å². The summed E-state index contributed by atoms with van der Waals surface area (Å²) in [7, 11) is 0. The Morgan fingerprint density at radius 1 is 1.07 bits per heavy atom. The van der Waals surface area contributed by atoms with Gasteiger partial charge < -0.3 is 19.1 Å². The molecule has 3 aromatic heterocycles. The molecule has 1 amide bonds. The molecule has 0 atom stereocenters. The van der Waals surface area contributed by atoms with Gasteiger partial charge in [-0.15, -0.1) is 13.2 Å². The first kappa shape index (κ1) is 26.1. The van der Waals surface area contributed by atoms with Crippen LogP contribution in [0.3, 0.4) is 0 Å². The van der Waals surface area contributed by atoms with E-state index in [1.165, 1.54) is 24.3 Å². The molecule has 4 aromatic rings. The van der Waals surface area contributed by atoms with E-state index in [1.54, 1.807) is 22.0 Å². The van der Waals surface area contributed by atoms with E-state index in [2.05, 4.69) is 14.8 Å². The Morgan fingerprint density at radius 2 is 1.80 bits per heavy atom. The van der Waals surface area contributed by atoms with Crippen molar-refractivity contribution >= 4 is 17.1 Å². The molecule has 2 aliphatic rings. The highest BCUT2D eigenvalue weighted by Crippen LogP contribution is 2.38. The maximum absolute atomic E-state index is 12.7. The number of likely N-dealkylation sites (tertiary alicyclic amines) is 1. The lowest BCUT2D eigenvalue weighted by molar-refractivity contribution is -0.274. The molecule has 0 spiro atoms. The molecule has 0 radical (unpaired) electrons. The highest BCUT2D eigenvalue weighted by atomic mass is 19.4. The maximum atomic E-state index is 12.7. The molecule has 1 aromatic carbocycles. The van der Waals surface area contributed by atoms with Crippen molar-refractivity contribution in [3.63, 3.8) is 0 Å². The molecule has 0 unspecified atom stereocenters. The summed E-state index contributed by atoms with van der Waals surface area (Å²) in [5.41, 5.74) is 2.91. The van der Waals surface area contributed by atoms with Crippen LogP contribution in [-0.2, 0) is 9.47 Å². The van der Waals surface area contributed by atoms with Crippen molar-refractivity contribution in [2.45, 2.75) is 44.7 Å². The average Bonchev–Trinajstić information content (AvgIpc) is 3.41. The number of benzene rings is 1. The largest absolute Gasteiger partial charge is 0.573 e. The number of hydrogen-bond acceptors (Lipinski definition) is 7. The summed E-state index contributed by atoms with van der Waals surface area (Å²) in [5.74, 6) is -0.428. The molecule has 2 fully saturated rings. The fourth-order valence-corrected chi connectivity index (χ4v) is 4.74. The molecule has 0 saturated carbocycles. The summed E-state index contributed by atoms with van der Waals surface area (Å²) >= 11 is 0. The van der Waals surface area contributed by atoms with E-state index in [0.717, 1.165) is 22.2 Å². The van der Waals surface area contributed by atoms with Crippen LogP contribution in [0.15, 0.2) is 48.9 Å².